The highest BCUT2D eigenvalue weighted by molar-refractivity contribution is 7.80. The van der Waals surface area contributed by atoms with Crippen molar-refractivity contribution >= 4 is 46.2 Å². The summed E-state index contributed by atoms with van der Waals surface area (Å²) in [7, 11) is 0. The lowest BCUT2D eigenvalue weighted by molar-refractivity contribution is -0.384. The Morgan fingerprint density at radius 1 is 0.857 bits per heavy atom. The lowest BCUT2D eigenvalue weighted by Gasteiger charge is -2.44. The number of ketones is 2. The topological polar surface area (TPSA) is 142 Å². The summed E-state index contributed by atoms with van der Waals surface area (Å²) in [6.07, 6.45) is 2.25. The van der Waals surface area contributed by atoms with Crippen LogP contribution in [0.25, 0.3) is 0 Å². The van der Waals surface area contributed by atoms with Crippen LogP contribution in [-0.4, -0.2) is 27.5 Å². The molecule has 0 atom stereocenters. The van der Waals surface area contributed by atoms with Crippen LogP contribution in [0, 0.1) is 20.9 Å². The number of nitrogens with one attached hydrogen (secondary N) is 4. The van der Waals surface area contributed by atoms with E-state index in [0.29, 0.717) is 35.2 Å². The number of carbonyl (C=O) groups is 3. The molecular formula is C31H33N5O5S. The molecule has 0 radical (unpaired) electrons. The number of non-ortho nitro benzene ring substituents is 1. The molecular weight excluding hydrogens is 554 g/mol. The molecule has 2 aliphatic carbocycles. The van der Waals surface area contributed by atoms with E-state index >= 15 is 0 Å². The fourth-order valence-corrected chi connectivity index (χ4v) is 6.23. The Hall–Kier alpha value is -4.38. The van der Waals surface area contributed by atoms with Crippen molar-refractivity contribution in [3.8, 4) is 0 Å². The number of allylic oxidation sites excluding steroid dienone is 4. The lowest BCUT2D eigenvalue weighted by atomic mass is 9.64. The molecule has 11 heteroatoms. The van der Waals surface area contributed by atoms with Gasteiger partial charge in [0.2, 0.25) is 0 Å². The number of hydrogen-bond donors (Lipinski definition) is 4. The van der Waals surface area contributed by atoms with E-state index in [2.05, 4.69) is 49.2 Å². The highest BCUT2D eigenvalue weighted by Crippen LogP contribution is 2.50. The number of nitro groups is 1. The third-order valence-electron chi connectivity index (χ3n) is 7.85. The summed E-state index contributed by atoms with van der Waals surface area (Å²) in [5.74, 6) is -0.825. The molecule has 0 bridgehead atoms. The number of hydrazine groups is 1. The van der Waals surface area contributed by atoms with Crippen molar-refractivity contribution in [3.63, 3.8) is 0 Å². The van der Waals surface area contributed by atoms with Crippen LogP contribution in [0.15, 0.2) is 71.1 Å². The zero-order valence-corrected chi connectivity index (χ0v) is 24.7. The molecule has 218 valence electrons. The highest BCUT2D eigenvalue weighted by atomic mass is 32.1. The van der Waals surface area contributed by atoms with Gasteiger partial charge in [0.1, 0.15) is 0 Å². The number of nitro benzene ring substituents is 1. The average molecular weight is 588 g/mol. The SMILES string of the molecule is CC1(C)CC(=O)C2=C(C1)NC1=C(C(=O)CC(C)(C)C1)C2c1ccc(C(=O)NNC(=S)Nc2ccc([N+](=O)[O-])cc2)cc1. The first-order valence-corrected chi connectivity index (χ1v) is 14.2. The van der Waals surface area contributed by atoms with E-state index in [9.17, 15) is 24.5 Å². The maximum absolute atomic E-state index is 13.5. The normalized spacial score (nSPS) is 19.3. The predicted octanol–water partition coefficient (Wildman–Crippen LogP) is 5.20. The van der Waals surface area contributed by atoms with E-state index in [1.165, 1.54) is 24.3 Å². The molecule has 1 aliphatic heterocycles. The molecule has 0 saturated carbocycles. The largest absolute Gasteiger partial charge is 0.362 e. The van der Waals surface area contributed by atoms with Gasteiger partial charge in [0, 0.05) is 64.7 Å². The number of rotatable bonds is 4. The second-order valence-electron chi connectivity index (χ2n) is 12.7. The number of amides is 1. The molecule has 2 aromatic carbocycles. The molecule has 0 spiro atoms. The smallest absolute Gasteiger partial charge is 0.269 e. The quantitative estimate of drug-likeness (QED) is 0.216. The molecule has 5 rings (SSSR count). The average Bonchev–Trinajstić information content (AvgIpc) is 2.89. The van der Waals surface area contributed by atoms with Crippen molar-refractivity contribution in [1.82, 2.24) is 16.2 Å². The van der Waals surface area contributed by atoms with Crippen LogP contribution < -0.4 is 21.5 Å². The van der Waals surface area contributed by atoms with Crippen LogP contribution in [0.5, 0.6) is 0 Å². The number of carbonyl (C=O) groups excluding carboxylic acids is 3. The molecule has 1 amide bonds. The number of thiocarbonyl (C=S) groups is 1. The molecule has 3 aliphatic rings. The van der Waals surface area contributed by atoms with Gasteiger partial charge >= 0.3 is 0 Å². The Morgan fingerprint density at radius 3 is 1.88 bits per heavy atom. The van der Waals surface area contributed by atoms with E-state index in [1.807, 2.05) is 0 Å². The zero-order valence-electron chi connectivity index (χ0n) is 23.9. The number of dihydropyridines is 1. The third-order valence-corrected chi connectivity index (χ3v) is 8.05. The number of benzene rings is 2. The second kappa shape index (κ2) is 10.8. The summed E-state index contributed by atoms with van der Waals surface area (Å²) in [5, 5.41) is 17.3. The highest BCUT2D eigenvalue weighted by Gasteiger charge is 2.46. The Labute approximate surface area is 249 Å². The van der Waals surface area contributed by atoms with Gasteiger partial charge in [0.15, 0.2) is 16.7 Å². The second-order valence-corrected chi connectivity index (χ2v) is 13.1. The first kappa shape index (κ1) is 29.1. The van der Waals surface area contributed by atoms with Crippen LogP contribution >= 0.6 is 12.2 Å². The molecule has 4 N–H and O–H groups in total. The van der Waals surface area contributed by atoms with Crippen LogP contribution in [0.3, 0.4) is 0 Å². The van der Waals surface area contributed by atoms with Crippen LogP contribution in [0.1, 0.15) is 75.2 Å². The maximum atomic E-state index is 13.5. The van der Waals surface area contributed by atoms with Gasteiger partial charge in [-0.15, -0.1) is 0 Å². The first-order valence-electron chi connectivity index (χ1n) is 13.7. The van der Waals surface area contributed by atoms with Gasteiger partial charge in [-0.05, 0) is 65.7 Å². The molecule has 10 nitrogen and oxygen atoms in total. The van der Waals surface area contributed by atoms with Crippen molar-refractivity contribution in [2.45, 2.75) is 59.3 Å². The summed E-state index contributed by atoms with van der Waals surface area (Å²) in [6, 6.07) is 12.6. The Kier molecular flexibility index (Phi) is 7.48. The Balaban J connectivity index is 1.34. The van der Waals surface area contributed by atoms with Crippen LogP contribution in [-0.2, 0) is 9.59 Å². The molecule has 0 saturated heterocycles. The van der Waals surface area contributed by atoms with Gasteiger partial charge < -0.3 is 10.6 Å². The van der Waals surface area contributed by atoms with Gasteiger partial charge in [-0.3, -0.25) is 35.3 Å². The standard InChI is InChI=1S/C31H33N5O5S/c1-30(2)13-21-26(23(37)15-30)25(27-22(33-21)14-31(3,4)16-24(27)38)17-5-7-18(8-6-17)28(39)34-35-29(42)32-19-9-11-20(12-10-19)36(40)41/h5-12,25,33H,13-16H2,1-4H3,(H,34,39)(H2,32,35,42). The molecule has 1 heterocycles. The fourth-order valence-electron chi connectivity index (χ4n) is 6.06. The summed E-state index contributed by atoms with van der Waals surface area (Å²) in [5.41, 5.74) is 9.51. The molecule has 0 unspecified atom stereocenters. The van der Waals surface area contributed by atoms with Crippen LogP contribution in [0.4, 0.5) is 11.4 Å². The van der Waals surface area contributed by atoms with Gasteiger partial charge in [0.25, 0.3) is 11.6 Å². The minimum atomic E-state index is -0.496. The van der Waals surface area contributed by atoms with Crippen molar-refractivity contribution in [3.05, 3.63) is 92.3 Å². The van der Waals surface area contributed by atoms with Crippen molar-refractivity contribution < 1.29 is 19.3 Å². The van der Waals surface area contributed by atoms with E-state index in [1.54, 1.807) is 24.3 Å². The summed E-state index contributed by atoms with van der Waals surface area (Å²) in [4.78, 5) is 50.1. The molecule has 0 fully saturated rings. The van der Waals surface area contributed by atoms with E-state index in [0.717, 1.165) is 29.8 Å². The summed E-state index contributed by atoms with van der Waals surface area (Å²) in [6.45, 7) is 8.33. The van der Waals surface area contributed by atoms with Crippen LogP contribution in [0.2, 0.25) is 0 Å². The van der Waals surface area contributed by atoms with Gasteiger partial charge in [-0.1, -0.05) is 39.8 Å². The molecule has 2 aromatic rings. The summed E-state index contributed by atoms with van der Waals surface area (Å²) >= 11 is 5.21. The van der Waals surface area contributed by atoms with Gasteiger partial charge in [0.05, 0.1) is 4.92 Å². The summed E-state index contributed by atoms with van der Waals surface area (Å²) < 4.78 is 0. The molecule has 0 aromatic heterocycles. The predicted molar refractivity (Wildman–Crippen MR) is 162 cm³/mol. The minimum Gasteiger partial charge on any atom is -0.362 e. The van der Waals surface area contributed by atoms with E-state index < -0.39 is 16.7 Å². The third kappa shape index (κ3) is 5.96. The number of anilines is 1. The fraction of sp³-hybridized carbons (Fsp3) is 0.355. The van der Waals surface area contributed by atoms with Crippen molar-refractivity contribution in [2.24, 2.45) is 10.8 Å². The van der Waals surface area contributed by atoms with Gasteiger partial charge in [-0.2, -0.15) is 0 Å². The van der Waals surface area contributed by atoms with Crippen molar-refractivity contribution in [2.75, 3.05) is 5.32 Å². The Morgan fingerprint density at radius 2 is 1.38 bits per heavy atom. The lowest BCUT2D eigenvalue weighted by Crippen LogP contribution is -2.43. The number of nitrogens with zero attached hydrogens (tertiary/aromatic N) is 1. The number of Topliss-reactive ketones (excluding diaryl/α,β-unsaturated/α-hetero) is 2. The minimum absolute atomic E-state index is 0.0444. The Bertz CT molecular complexity index is 1520. The molecule has 42 heavy (non-hydrogen) atoms. The van der Waals surface area contributed by atoms with Gasteiger partial charge in [-0.25, -0.2) is 0 Å². The monoisotopic (exact) mass is 587 g/mol. The first-order chi connectivity index (χ1) is 19.7. The number of hydrogen-bond acceptors (Lipinski definition) is 7. The van der Waals surface area contributed by atoms with E-state index in [-0.39, 0.29) is 33.2 Å². The maximum Gasteiger partial charge on any atom is 0.269 e. The van der Waals surface area contributed by atoms with Crippen molar-refractivity contribution in [1.29, 1.82) is 0 Å². The zero-order chi connectivity index (χ0) is 30.4. The van der Waals surface area contributed by atoms with E-state index in [4.69, 9.17) is 12.2 Å².